The molecule has 0 saturated heterocycles. The lowest BCUT2D eigenvalue weighted by molar-refractivity contribution is 0.108. The molecule has 0 aromatic heterocycles. The van der Waals surface area contributed by atoms with Crippen LogP contribution in [0.3, 0.4) is 0 Å². The molecule has 0 aliphatic rings. The van der Waals surface area contributed by atoms with Crippen molar-refractivity contribution in [2.75, 3.05) is 13.2 Å². The first kappa shape index (κ1) is 16.0. The second kappa shape index (κ2) is 8.16. The van der Waals surface area contributed by atoms with Crippen molar-refractivity contribution in [3.05, 3.63) is 33.3 Å². The maximum Gasteiger partial charge on any atom is 0.0622 e. The average molecular weight is 335 g/mol. The van der Waals surface area contributed by atoms with Gasteiger partial charge in [-0.05, 0) is 36.6 Å². The third-order valence-electron chi connectivity index (χ3n) is 2.87. The van der Waals surface area contributed by atoms with Gasteiger partial charge in [-0.25, -0.2) is 0 Å². The van der Waals surface area contributed by atoms with Crippen molar-refractivity contribution in [2.45, 2.75) is 33.4 Å². The highest BCUT2D eigenvalue weighted by Crippen LogP contribution is 2.21. The number of halogens is 2. The van der Waals surface area contributed by atoms with E-state index in [1.165, 1.54) is 5.56 Å². The van der Waals surface area contributed by atoms with E-state index in [1.54, 1.807) is 0 Å². The van der Waals surface area contributed by atoms with Crippen LogP contribution in [0.1, 0.15) is 26.3 Å². The Morgan fingerprint density at radius 3 is 2.72 bits per heavy atom. The smallest absolute Gasteiger partial charge is 0.0622 e. The molecule has 0 bridgehead atoms. The normalized spacial score (nSPS) is 13.0. The molecule has 1 aromatic carbocycles. The SMILES string of the molecule is CCOCC(NCc1cc(Cl)ccc1Br)C(C)C. The second-order valence-electron chi connectivity index (χ2n) is 4.63. The third kappa shape index (κ3) is 5.27. The van der Waals surface area contributed by atoms with E-state index in [1.807, 2.05) is 25.1 Å². The Morgan fingerprint density at radius 2 is 2.11 bits per heavy atom. The van der Waals surface area contributed by atoms with Crippen molar-refractivity contribution in [3.63, 3.8) is 0 Å². The summed E-state index contributed by atoms with van der Waals surface area (Å²) in [5, 5.41) is 4.29. The summed E-state index contributed by atoms with van der Waals surface area (Å²) < 4.78 is 6.58. The van der Waals surface area contributed by atoms with Crippen LogP contribution in [-0.4, -0.2) is 19.3 Å². The van der Waals surface area contributed by atoms with Crippen molar-refractivity contribution in [1.29, 1.82) is 0 Å². The molecule has 1 aromatic rings. The largest absolute Gasteiger partial charge is 0.380 e. The van der Waals surface area contributed by atoms with Gasteiger partial charge in [0.2, 0.25) is 0 Å². The Bertz CT molecular complexity index is 371. The summed E-state index contributed by atoms with van der Waals surface area (Å²) in [5.74, 6) is 0.537. The Morgan fingerprint density at radius 1 is 1.39 bits per heavy atom. The molecule has 0 aliphatic heterocycles. The summed E-state index contributed by atoms with van der Waals surface area (Å²) in [7, 11) is 0. The van der Waals surface area contributed by atoms with E-state index in [0.717, 1.165) is 29.3 Å². The zero-order valence-corrected chi connectivity index (χ0v) is 13.5. The van der Waals surface area contributed by atoms with Crippen molar-refractivity contribution in [3.8, 4) is 0 Å². The lowest BCUT2D eigenvalue weighted by Gasteiger charge is -2.22. The molecule has 1 rings (SSSR count). The Balaban J connectivity index is 2.58. The van der Waals surface area contributed by atoms with Crippen LogP contribution in [0.5, 0.6) is 0 Å². The highest BCUT2D eigenvalue weighted by atomic mass is 79.9. The first-order chi connectivity index (χ1) is 8.54. The fourth-order valence-corrected chi connectivity index (χ4v) is 2.23. The van der Waals surface area contributed by atoms with E-state index in [0.29, 0.717) is 12.0 Å². The molecule has 1 unspecified atom stereocenters. The Labute approximate surface area is 123 Å². The van der Waals surface area contributed by atoms with Gasteiger partial charge >= 0.3 is 0 Å². The zero-order chi connectivity index (χ0) is 13.5. The van der Waals surface area contributed by atoms with Gasteiger partial charge in [-0.1, -0.05) is 41.4 Å². The molecular weight excluding hydrogens is 314 g/mol. The molecule has 4 heteroatoms. The standard InChI is InChI=1S/C14H21BrClNO/c1-4-18-9-14(10(2)3)17-8-11-7-12(16)5-6-13(11)15/h5-7,10,14,17H,4,8-9H2,1-3H3. The van der Waals surface area contributed by atoms with Crippen molar-refractivity contribution < 1.29 is 4.74 Å². The van der Waals surface area contributed by atoms with Gasteiger partial charge in [0.1, 0.15) is 0 Å². The van der Waals surface area contributed by atoms with E-state index in [9.17, 15) is 0 Å². The molecule has 0 radical (unpaired) electrons. The minimum Gasteiger partial charge on any atom is -0.380 e. The summed E-state index contributed by atoms with van der Waals surface area (Å²) in [4.78, 5) is 0. The van der Waals surface area contributed by atoms with Crippen LogP contribution < -0.4 is 5.32 Å². The molecule has 1 N–H and O–H groups in total. The number of nitrogens with one attached hydrogen (secondary N) is 1. The van der Waals surface area contributed by atoms with Crippen LogP contribution in [0.15, 0.2) is 22.7 Å². The predicted molar refractivity (Wildman–Crippen MR) is 81.1 cm³/mol. The van der Waals surface area contributed by atoms with Gasteiger partial charge in [-0.3, -0.25) is 0 Å². The molecule has 0 spiro atoms. The number of benzene rings is 1. The van der Waals surface area contributed by atoms with Gasteiger partial charge in [0.05, 0.1) is 6.61 Å². The van der Waals surface area contributed by atoms with Crippen molar-refractivity contribution in [1.82, 2.24) is 5.32 Å². The van der Waals surface area contributed by atoms with E-state index in [2.05, 4.69) is 35.1 Å². The van der Waals surface area contributed by atoms with Gasteiger partial charge in [-0.15, -0.1) is 0 Å². The number of hydrogen-bond donors (Lipinski definition) is 1. The maximum absolute atomic E-state index is 6.00. The highest BCUT2D eigenvalue weighted by molar-refractivity contribution is 9.10. The number of hydrogen-bond acceptors (Lipinski definition) is 2. The van der Waals surface area contributed by atoms with Crippen molar-refractivity contribution in [2.24, 2.45) is 5.92 Å². The summed E-state index contributed by atoms with van der Waals surface area (Å²) in [6, 6.07) is 6.20. The highest BCUT2D eigenvalue weighted by Gasteiger charge is 2.13. The van der Waals surface area contributed by atoms with Gasteiger partial charge < -0.3 is 10.1 Å². The molecule has 0 fully saturated rings. The predicted octanol–water partition coefficient (Wildman–Crippen LogP) is 4.25. The maximum atomic E-state index is 6.00. The molecule has 18 heavy (non-hydrogen) atoms. The van der Waals surface area contributed by atoms with E-state index in [4.69, 9.17) is 16.3 Å². The summed E-state index contributed by atoms with van der Waals surface area (Å²) in [5.41, 5.74) is 1.17. The van der Waals surface area contributed by atoms with Crippen LogP contribution in [-0.2, 0) is 11.3 Å². The van der Waals surface area contributed by atoms with Gasteiger partial charge in [0.15, 0.2) is 0 Å². The summed E-state index contributed by atoms with van der Waals surface area (Å²) >= 11 is 9.55. The van der Waals surface area contributed by atoms with E-state index >= 15 is 0 Å². The molecule has 1 atom stereocenters. The third-order valence-corrected chi connectivity index (χ3v) is 3.88. The average Bonchev–Trinajstić information content (AvgIpc) is 2.33. The van der Waals surface area contributed by atoms with Crippen LogP contribution in [0.25, 0.3) is 0 Å². The van der Waals surface area contributed by atoms with E-state index in [-0.39, 0.29) is 0 Å². The summed E-state index contributed by atoms with van der Waals surface area (Å²) in [6.45, 7) is 8.70. The molecular formula is C14H21BrClNO. The molecule has 0 heterocycles. The minimum atomic E-state index is 0.357. The fraction of sp³-hybridized carbons (Fsp3) is 0.571. The van der Waals surface area contributed by atoms with Crippen LogP contribution >= 0.6 is 27.5 Å². The summed E-state index contributed by atoms with van der Waals surface area (Å²) in [6.07, 6.45) is 0. The lowest BCUT2D eigenvalue weighted by Crippen LogP contribution is -2.37. The number of rotatable bonds is 7. The molecule has 102 valence electrons. The minimum absolute atomic E-state index is 0.357. The first-order valence-corrected chi connectivity index (χ1v) is 7.46. The Kier molecular flexibility index (Phi) is 7.23. The Hall–Kier alpha value is -0.0900. The molecule has 0 amide bonds. The first-order valence-electron chi connectivity index (χ1n) is 6.29. The zero-order valence-electron chi connectivity index (χ0n) is 11.2. The van der Waals surface area contributed by atoms with Gasteiger partial charge in [0, 0.05) is 28.7 Å². The fourth-order valence-electron chi connectivity index (χ4n) is 1.65. The molecule has 2 nitrogen and oxygen atoms in total. The monoisotopic (exact) mass is 333 g/mol. The number of ether oxygens (including phenoxy) is 1. The van der Waals surface area contributed by atoms with Gasteiger partial charge in [-0.2, -0.15) is 0 Å². The van der Waals surface area contributed by atoms with Crippen LogP contribution in [0.2, 0.25) is 5.02 Å². The van der Waals surface area contributed by atoms with Gasteiger partial charge in [0.25, 0.3) is 0 Å². The van der Waals surface area contributed by atoms with E-state index < -0.39 is 0 Å². The quantitative estimate of drug-likeness (QED) is 0.804. The lowest BCUT2D eigenvalue weighted by atomic mass is 10.0. The molecule has 0 saturated carbocycles. The van der Waals surface area contributed by atoms with Crippen LogP contribution in [0.4, 0.5) is 0 Å². The van der Waals surface area contributed by atoms with Crippen molar-refractivity contribution >= 4 is 27.5 Å². The molecule has 0 aliphatic carbocycles. The topological polar surface area (TPSA) is 21.3 Å². The van der Waals surface area contributed by atoms with Crippen LogP contribution in [0, 0.1) is 5.92 Å². The second-order valence-corrected chi connectivity index (χ2v) is 5.92.